The van der Waals surface area contributed by atoms with E-state index in [0.717, 1.165) is 17.6 Å². The predicted octanol–water partition coefficient (Wildman–Crippen LogP) is 3.55. The van der Waals surface area contributed by atoms with Gasteiger partial charge in [-0.3, -0.25) is 4.79 Å². The number of halogens is 1. The van der Waals surface area contributed by atoms with Gasteiger partial charge in [0.2, 0.25) is 0 Å². The Morgan fingerprint density at radius 1 is 1.47 bits per heavy atom. The van der Waals surface area contributed by atoms with Crippen LogP contribution in [0.3, 0.4) is 0 Å². The molecule has 1 aromatic heterocycles. The number of carbonyl (C=O) groups is 1. The van der Waals surface area contributed by atoms with Gasteiger partial charge in [0, 0.05) is 18.5 Å². The predicted molar refractivity (Wildman–Crippen MR) is 69.6 cm³/mol. The largest absolute Gasteiger partial charge is 0.321 e. The van der Waals surface area contributed by atoms with E-state index in [1.807, 2.05) is 16.7 Å². The van der Waals surface area contributed by atoms with Crippen molar-refractivity contribution in [3.05, 3.63) is 29.0 Å². The molecule has 0 saturated carbocycles. The molecule has 0 atom stereocenters. The fourth-order valence-corrected chi connectivity index (χ4v) is 2.08. The summed E-state index contributed by atoms with van der Waals surface area (Å²) in [4.78, 5) is 15.9. The maximum atomic E-state index is 11.6. The van der Waals surface area contributed by atoms with E-state index in [-0.39, 0.29) is 5.78 Å². The first-order valence-corrected chi connectivity index (χ1v) is 6.03. The molecule has 0 aliphatic carbocycles. The van der Waals surface area contributed by atoms with Crippen molar-refractivity contribution in [3.8, 4) is 0 Å². The molecule has 2 aromatic rings. The van der Waals surface area contributed by atoms with Gasteiger partial charge in [-0.25, -0.2) is 4.98 Å². The lowest BCUT2D eigenvalue weighted by Crippen LogP contribution is -2.11. The fourth-order valence-electron chi connectivity index (χ4n) is 1.91. The Labute approximate surface area is 105 Å². The van der Waals surface area contributed by atoms with Crippen LogP contribution in [-0.4, -0.2) is 15.3 Å². The minimum absolute atomic E-state index is 0.0158. The second-order valence-corrected chi connectivity index (χ2v) is 5.07. The van der Waals surface area contributed by atoms with E-state index in [0.29, 0.717) is 16.8 Å². The molecule has 17 heavy (non-hydrogen) atoms. The highest BCUT2D eigenvalue weighted by Crippen LogP contribution is 2.22. The summed E-state index contributed by atoms with van der Waals surface area (Å²) in [6.07, 6.45) is 0. The molecule has 0 radical (unpaired) electrons. The van der Waals surface area contributed by atoms with Crippen molar-refractivity contribution in [1.29, 1.82) is 0 Å². The van der Waals surface area contributed by atoms with Gasteiger partial charge in [-0.15, -0.1) is 0 Å². The number of rotatable bonds is 3. The van der Waals surface area contributed by atoms with Gasteiger partial charge < -0.3 is 4.57 Å². The first kappa shape index (κ1) is 12.1. The Kier molecular flexibility index (Phi) is 3.20. The highest BCUT2D eigenvalue weighted by Gasteiger charge is 2.15. The summed E-state index contributed by atoms with van der Waals surface area (Å²) in [6.45, 7) is 6.53. The van der Waals surface area contributed by atoms with Crippen LogP contribution in [0.2, 0.25) is 5.02 Å². The maximum absolute atomic E-state index is 11.6. The average Bonchev–Trinajstić information content (AvgIpc) is 2.56. The molecule has 2 rings (SSSR count). The number of nitrogens with zero attached hydrogens (tertiary/aromatic N) is 2. The van der Waals surface area contributed by atoms with Gasteiger partial charge >= 0.3 is 0 Å². The van der Waals surface area contributed by atoms with Gasteiger partial charge in [0.1, 0.15) is 0 Å². The SMILES string of the molecule is CC(=O)c1nc2ccc(Cl)cc2n1CC(C)C. The highest BCUT2D eigenvalue weighted by atomic mass is 35.5. The van der Waals surface area contributed by atoms with E-state index in [2.05, 4.69) is 18.8 Å². The third kappa shape index (κ3) is 2.34. The topological polar surface area (TPSA) is 34.9 Å². The van der Waals surface area contributed by atoms with Gasteiger partial charge in [0.15, 0.2) is 11.6 Å². The van der Waals surface area contributed by atoms with Gasteiger partial charge in [-0.1, -0.05) is 25.4 Å². The minimum atomic E-state index is -0.0158. The first-order chi connectivity index (χ1) is 7.99. The summed E-state index contributed by atoms with van der Waals surface area (Å²) < 4.78 is 1.95. The monoisotopic (exact) mass is 250 g/mol. The molecule has 0 aliphatic rings. The molecule has 90 valence electrons. The first-order valence-electron chi connectivity index (χ1n) is 5.65. The van der Waals surface area contributed by atoms with E-state index in [9.17, 15) is 4.79 Å². The van der Waals surface area contributed by atoms with Crippen molar-refractivity contribution in [1.82, 2.24) is 9.55 Å². The Bertz CT molecular complexity index is 572. The lowest BCUT2D eigenvalue weighted by atomic mass is 10.2. The Morgan fingerprint density at radius 3 is 2.76 bits per heavy atom. The molecule has 0 amide bonds. The van der Waals surface area contributed by atoms with Gasteiger partial charge in [0.05, 0.1) is 11.0 Å². The third-order valence-corrected chi connectivity index (χ3v) is 2.81. The molecule has 0 unspecified atom stereocenters. The summed E-state index contributed by atoms with van der Waals surface area (Å²) >= 11 is 5.99. The molecule has 0 fully saturated rings. The fraction of sp³-hybridized carbons (Fsp3) is 0.385. The minimum Gasteiger partial charge on any atom is -0.321 e. The van der Waals surface area contributed by atoms with Crippen molar-refractivity contribution < 1.29 is 4.79 Å². The number of benzene rings is 1. The van der Waals surface area contributed by atoms with Crippen LogP contribution in [0.15, 0.2) is 18.2 Å². The van der Waals surface area contributed by atoms with Gasteiger partial charge in [-0.2, -0.15) is 0 Å². The zero-order chi connectivity index (χ0) is 12.6. The zero-order valence-corrected chi connectivity index (χ0v) is 11.0. The molecule has 3 nitrogen and oxygen atoms in total. The second kappa shape index (κ2) is 4.49. The van der Waals surface area contributed by atoms with Crippen LogP contribution in [0.1, 0.15) is 31.4 Å². The maximum Gasteiger partial charge on any atom is 0.195 e. The molecule has 0 saturated heterocycles. The molecule has 0 N–H and O–H groups in total. The molecule has 0 spiro atoms. The Hall–Kier alpha value is -1.35. The van der Waals surface area contributed by atoms with E-state index in [1.54, 1.807) is 13.0 Å². The number of ketones is 1. The third-order valence-electron chi connectivity index (χ3n) is 2.57. The highest BCUT2D eigenvalue weighted by molar-refractivity contribution is 6.31. The summed E-state index contributed by atoms with van der Waals surface area (Å²) in [5.41, 5.74) is 1.75. The summed E-state index contributed by atoms with van der Waals surface area (Å²) in [7, 11) is 0. The molecular weight excluding hydrogens is 236 g/mol. The van der Waals surface area contributed by atoms with Crippen molar-refractivity contribution in [2.45, 2.75) is 27.3 Å². The van der Waals surface area contributed by atoms with Crippen LogP contribution in [0.5, 0.6) is 0 Å². The number of Topliss-reactive ketones (excluding diaryl/α,β-unsaturated/α-hetero) is 1. The summed E-state index contributed by atoms with van der Waals surface area (Å²) in [5.74, 6) is 0.943. The molecule has 0 bridgehead atoms. The van der Waals surface area contributed by atoms with E-state index in [4.69, 9.17) is 11.6 Å². The van der Waals surface area contributed by atoms with Crippen molar-refractivity contribution >= 4 is 28.4 Å². The summed E-state index contributed by atoms with van der Waals surface area (Å²) in [6, 6.07) is 5.50. The van der Waals surface area contributed by atoms with Gasteiger partial charge in [-0.05, 0) is 24.1 Å². The Morgan fingerprint density at radius 2 is 2.18 bits per heavy atom. The lowest BCUT2D eigenvalue weighted by Gasteiger charge is -2.10. The van der Waals surface area contributed by atoms with E-state index >= 15 is 0 Å². The number of hydrogen-bond acceptors (Lipinski definition) is 2. The van der Waals surface area contributed by atoms with Crippen LogP contribution in [0.4, 0.5) is 0 Å². The second-order valence-electron chi connectivity index (χ2n) is 4.63. The van der Waals surface area contributed by atoms with Crippen LogP contribution < -0.4 is 0 Å². The van der Waals surface area contributed by atoms with Crippen LogP contribution in [-0.2, 0) is 6.54 Å². The van der Waals surface area contributed by atoms with Crippen molar-refractivity contribution in [2.75, 3.05) is 0 Å². The molecule has 1 aromatic carbocycles. The van der Waals surface area contributed by atoms with Crippen molar-refractivity contribution in [2.24, 2.45) is 5.92 Å². The number of carbonyl (C=O) groups excluding carboxylic acids is 1. The number of hydrogen-bond donors (Lipinski definition) is 0. The van der Waals surface area contributed by atoms with Crippen LogP contribution in [0.25, 0.3) is 11.0 Å². The summed E-state index contributed by atoms with van der Waals surface area (Å²) in [5, 5.41) is 0.664. The quantitative estimate of drug-likeness (QED) is 0.781. The number of fused-ring (bicyclic) bond motifs is 1. The van der Waals surface area contributed by atoms with Crippen LogP contribution in [0, 0.1) is 5.92 Å². The standard InChI is InChI=1S/C13H15ClN2O/c1-8(2)7-16-12-6-10(14)4-5-11(12)15-13(16)9(3)17/h4-6,8H,7H2,1-3H3. The van der Waals surface area contributed by atoms with Gasteiger partial charge in [0.25, 0.3) is 0 Å². The number of imidazole rings is 1. The molecule has 1 heterocycles. The van der Waals surface area contributed by atoms with E-state index < -0.39 is 0 Å². The zero-order valence-electron chi connectivity index (χ0n) is 10.2. The van der Waals surface area contributed by atoms with E-state index in [1.165, 1.54) is 0 Å². The Balaban J connectivity index is 2.68. The van der Waals surface area contributed by atoms with Crippen molar-refractivity contribution in [3.63, 3.8) is 0 Å². The molecular formula is C13H15ClN2O. The smallest absolute Gasteiger partial charge is 0.195 e. The average molecular weight is 251 g/mol. The lowest BCUT2D eigenvalue weighted by molar-refractivity contribution is 0.0999. The van der Waals surface area contributed by atoms with Crippen LogP contribution >= 0.6 is 11.6 Å². The molecule has 0 aliphatic heterocycles. The normalized spacial score (nSPS) is 11.4. The molecule has 4 heteroatoms. The number of aromatic nitrogens is 2.